The molecule has 220 valence electrons. The van der Waals surface area contributed by atoms with E-state index in [9.17, 15) is 14.7 Å². The molecule has 3 rings (SSSR count). The molecular weight excluding hydrogens is 517 g/mol. The first kappa shape index (κ1) is 31.1. The van der Waals surface area contributed by atoms with Crippen molar-refractivity contribution in [2.45, 2.75) is 65.2 Å². The van der Waals surface area contributed by atoms with E-state index in [0.717, 1.165) is 25.9 Å². The van der Waals surface area contributed by atoms with Crippen LogP contribution in [0.1, 0.15) is 53.4 Å². The molecule has 2 aliphatic rings. The van der Waals surface area contributed by atoms with Crippen molar-refractivity contribution in [2.75, 3.05) is 37.7 Å². The van der Waals surface area contributed by atoms with Crippen molar-refractivity contribution in [3.05, 3.63) is 48.1 Å². The van der Waals surface area contributed by atoms with Gasteiger partial charge in [0.15, 0.2) is 17.4 Å². The highest BCUT2D eigenvalue weighted by Gasteiger charge is 2.35. The van der Waals surface area contributed by atoms with E-state index in [1.165, 1.54) is 23.1 Å². The zero-order valence-electron chi connectivity index (χ0n) is 23.8. The maximum absolute atomic E-state index is 15.2. The minimum Gasteiger partial charge on any atom is -0.456 e. The van der Waals surface area contributed by atoms with Gasteiger partial charge in [-0.15, -0.1) is 0 Å². The lowest BCUT2D eigenvalue weighted by Crippen LogP contribution is -2.49. The minimum atomic E-state index is -1.18. The smallest absolute Gasteiger partial charge is 0.251 e. The Balaban J connectivity index is 1.56. The first-order valence-corrected chi connectivity index (χ1v) is 13.8. The van der Waals surface area contributed by atoms with E-state index in [-0.39, 0.29) is 29.8 Å². The van der Waals surface area contributed by atoms with Gasteiger partial charge in [0.1, 0.15) is 17.6 Å². The quantitative estimate of drug-likeness (QED) is 0.119. The zero-order chi connectivity index (χ0) is 29.3. The van der Waals surface area contributed by atoms with Crippen molar-refractivity contribution in [3.63, 3.8) is 0 Å². The van der Waals surface area contributed by atoms with Crippen LogP contribution in [0.2, 0.25) is 0 Å². The van der Waals surface area contributed by atoms with Gasteiger partial charge in [-0.05, 0) is 63.7 Å². The highest BCUT2D eigenvalue weighted by Crippen LogP contribution is 2.32. The SMILES string of the molecule is CC(C)C[C@@H](C(=O)NC(=N)/C=C\NCCCOC(C)(C)O)N1CC(Oc2cccc(N3CCCC3)c2F)=CC1=O. The Kier molecular flexibility index (Phi) is 11.1. The number of carbonyl (C=O) groups is 2. The number of hydrogen-bond acceptors (Lipinski definition) is 8. The zero-order valence-corrected chi connectivity index (χ0v) is 23.8. The molecule has 4 N–H and O–H groups in total. The topological polar surface area (TPSA) is 127 Å². The molecule has 1 atom stereocenters. The molecule has 0 saturated carbocycles. The fourth-order valence-electron chi connectivity index (χ4n) is 4.56. The molecule has 0 bridgehead atoms. The summed E-state index contributed by atoms with van der Waals surface area (Å²) in [7, 11) is 0. The molecule has 0 spiro atoms. The molecule has 1 aromatic carbocycles. The fraction of sp³-hybridized carbons (Fsp3) is 0.552. The van der Waals surface area contributed by atoms with E-state index in [1.807, 2.05) is 18.7 Å². The van der Waals surface area contributed by atoms with Crippen LogP contribution in [0.4, 0.5) is 10.1 Å². The second kappa shape index (κ2) is 14.3. The third-order valence-corrected chi connectivity index (χ3v) is 6.44. The molecule has 0 aliphatic carbocycles. The number of rotatable bonds is 14. The third-order valence-electron chi connectivity index (χ3n) is 6.44. The number of carbonyl (C=O) groups excluding carboxylic acids is 2. The average Bonchev–Trinajstić information content (AvgIpc) is 3.52. The van der Waals surface area contributed by atoms with Crippen LogP contribution in [0.5, 0.6) is 5.75 Å². The number of hydrogen-bond donors (Lipinski definition) is 4. The molecule has 0 radical (unpaired) electrons. The highest BCUT2D eigenvalue weighted by molar-refractivity contribution is 6.05. The summed E-state index contributed by atoms with van der Waals surface area (Å²) in [5.74, 6) is -2.25. The normalized spacial score (nSPS) is 16.6. The molecule has 10 nitrogen and oxygen atoms in total. The number of amides is 2. The summed E-state index contributed by atoms with van der Waals surface area (Å²) in [5, 5.41) is 23.2. The molecule has 0 unspecified atom stereocenters. The van der Waals surface area contributed by atoms with Crippen LogP contribution < -0.4 is 20.3 Å². The Morgan fingerprint density at radius 3 is 2.67 bits per heavy atom. The fourth-order valence-corrected chi connectivity index (χ4v) is 4.56. The van der Waals surface area contributed by atoms with Crippen molar-refractivity contribution in [3.8, 4) is 5.75 Å². The van der Waals surface area contributed by atoms with Crippen molar-refractivity contribution >= 4 is 23.3 Å². The molecule has 2 aliphatic heterocycles. The molecule has 0 aromatic heterocycles. The van der Waals surface area contributed by atoms with Crippen molar-refractivity contribution < 1.29 is 28.6 Å². The van der Waals surface area contributed by atoms with Gasteiger partial charge in [-0.3, -0.25) is 15.0 Å². The molecule has 1 fully saturated rings. The molecular formula is C29H42FN5O5. The van der Waals surface area contributed by atoms with Crippen LogP contribution in [0, 0.1) is 17.1 Å². The van der Waals surface area contributed by atoms with Gasteiger partial charge < -0.3 is 35.0 Å². The predicted octanol–water partition coefficient (Wildman–Crippen LogP) is 3.28. The number of anilines is 1. The van der Waals surface area contributed by atoms with Crippen LogP contribution in [0.15, 0.2) is 42.3 Å². The van der Waals surface area contributed by atoms with Gasteiger partial charge in [0, 0.05) is 31.9 Å². The number of nitrogens with zero attached hydrogens (tertiary/aromatic N) is 2. The Bertz CT molecular complexity index is 1110. The lowest BCUT2D eigenvalue weighted by molar-refractivity contribution is -0.175. The van der Waals surface area contributed by atoms with Gasteiger partial charge in [-0.25, -0.2) is 4.39 Å². The summed E-state index contributed by atoms with van der Waals surface area (Å²) in [5.41, 5.74) is 0.484. The highest BCUT2D eigenvalue weighted by atomic mass is 19.1. The molecule has 1 aromatic rings. The van der Waals surface area contributed by atoms with Crippen LogP contribution in [0.3, 0.4) is 0 Å². The van der Waals surface area contributed by atoms with Gasteiger partial charge in [0.05, 0.1) is 18.8 Å². The van der Waals surface area contributed by atoms with Crippen molar-refractivity contribution in [1.82, 2.24) is 15.5 Å². The second-order valence-electron chi connectivity index (χ2n) is 10.9. The largest absolute Gasteiger partial charge is 0.456 e. The average molecular weight is 560 g/mol. The molecule has 11 heteroatoms. The van der Waals surface area contributed by atoms with Gasteiger partial charge in [0.25, 0.3) is 5.91 Å². The van der Waals surface area contributed by atoms with E-state index in [1.54, 1.807) is 32.2 Å². The Labute approximate surface area is 235 Å². The Morgan fingerprint density at radius 1 is 1.27 bits per heavy atom. The van der Waals surface area contributed by atoms with E-state index >= 15 is 4.39 Å². The minimum absolute atomic E-state index is 0.0223. The standard InChI is InChI=1S/C29H42FN5O5/c1-20(2)17-23(28(37)33-25(31)11-13-32-12-8-16-39-29(3,4)38)35-19-21(18-26(35)36)40-24-10-7-9-22(27(24)30)34-14-5-6-15-34/h7,9-11,13,18,20,23,32,38H,5-6,8,12,14-17,19H2,1-4H3,(H2,31,33,37)/b13-11-/t23-/m0/s1. The summed E-state index contributed by atoms with van der Waals surface area (Å²) in [6.45, 7) is 9.55. The second-order valence-corrected chi connectivity index (χ2v) is 10.9. The summed E-state index contributed by atoms with van der Waals surface area (Å²) in [6.07, 6.45) is 7.31. The number of nitrogens with one attached hydrogen (secondary N) is 3. The van der Waals surface area contributed by atoms with E-state index in [0.29, 0.717) is 31.7 Å². The van der Waals surface area contributed by atoms with Crippen LogP contribution >= 0.6 is 0 Å². The Morgan fingerprint density at radius 2 is 2.00 bits per heavy atom. The maximum Gasteiger partial charge on any atom is 0.251 e. The first-order chi connectivity index (χ1) is 18.9. The summed E-state index contributed by atoms with van der Waals surface area (Å²) >= 11 is 0. The van der Waals surface area contributed by atoms with Crippen LogP contribution in [0.25, 0.3) is 0 Å². The monoisotopic (exact) mass is 559 g/mol. The number of amidine groups is 1. The van der Waals surface area contributed by atoms with Gasteiger partial charge in [0.2, 0.25) is 5.91 Å². The lowest BCUT2D eigenvalue weighted by Gasteiger charge is -2.28. The summed E-state index contributed by atoms with van der Waals surface area (Å²) in [6, 6.07) is 4.16. The number of benzene rings is 1. The molecule has 1 saturated heterocycles. The lowest BCUT2D eigenvalue weighted by atomic mass is 10.0. The van der Waals surface area contributed by atoms with Gasteiger partial charge in [-0.2, -0.15) is 0 Å². The first-order valence-electron chi connectivity index (χ1n) is 13.8. The van der Waals surface area contributed by atoms with Crippen LogP contribution in [-0.4, -0.2) is 72.3 Å². The molecule has 40 heavy (non-hydrogen) atoms. The van der Waals surface area contributed by atoms with Gasteiger partial charge in [-0.1, -0.05) is 19.9 Å². The Hall–Kier alpha value is -3.44. The van der Waals surface area contributed by atoms with E-state index in [4.69, 9.17) is 14.9 Å². The number of halogens is 1. The van der Waals surface area contributed by atoms with Gasteiger partial charge >= 0.3 is 0 Å². The maximum atomic E-state index is 15.2. The van der Waals surface area contributed by atoms with Crippen LogP contribution in [-0.2, 0) is 14.3 Å². The summed E-state index contributed by atoms with van der Waals surface area (Å²) in [4.78, 5) is 29.4. The molecule has 2 heterocycles. The van der Waals surface area contributed by atoms with Crippen molar-refractivity contribution in [1.29, 1.82) is 5.41 Å². The third kappa shape index (κ3) is 9.34. The number of ether oxygens (including phenoxy) is 2. The summed E-state index contributed by atoms with van der Waals surface area (Å²) < 4.78 is 26.2. The number of aliphatic hydroxyl groups is 1. The predicted molar refractivity (Wildman–Crippen MR) is 151 cm³/mol. The molecule has 2 amide bonds. The van der Waals surface area contributed by atoms with Crippen molar-refractivity contribution in [2.24, 2.45) is 5.92 Å². The van der Waals surface area contributed by atoms with E-state index < -0.39 is 29.5 Å². The van der Waals surface area contributed by atoms with E-state index in [2.05, 4.69) is 10.6 Å².